The first-order chi connectivity index (χ1) is 18.9. The summed E-state index contributed by atoms with van der Waals surface area (Å²) in [6.07, 6.45) is 0.113. The second-order valence-corrected chi connectivity index (χ2v) is 11.6. The second-order valence-electron chi connectivity index (χ2n) is 8.86. The zero-order valence-electron chi connectivity index (χ0n) is 21.6. The maximum atomic E-state index is 13.0. The summed E-state index contributed by atoms with van der Waals surface area (Å²) >= 11 is 9.35. The first-order valence-corrected chi connectivity index (χ1v) is 14.3. The highest BCUT2D eigenvalue weighted by Crippen LogP contribution is 2.39. The van der Waals surface area contributed by atoms with Gasteiger partial charge >= 0.3 is 0 Å². The molecule has 3 aromatic heterocycles. The van der Waals surface area contributed by atoms with Crippen molar-refractivity contribution in [3.8, 4) is 28.7 Å². The van der Waals surface area contributed by atoms with Crippen LogP contribution in [0.5, 0.6) is 0 Å². The van der Waals surface area contributed by atoms with Crippen LogP contribution >= 0.6 is 34.3 Å². The standard InChI is InChI=1S/C29H25ClN6OS2/c1-17-18(2)38-29-26(17)27(20-8-10-21(30)11-9-20)33-24(28-35-34-19(3)36(28)29)16-25(37)32-15-5-7-23-13-12-22(39-23)6-4-14-31/h8-13,24H,14-16,31H2,1-3H3,(H,32,37)/t24-/m0/s1. The van der Waals surface area contributed by atoms with Gasteiger partial charge in [-0.05, 0) is 50.6 Å². The molecule has 0 unspecified atom stereocenters. The number of aliphatic imine (C=N–C) groups is 1. The lowest BCUT2D eigenvalue weighted by molar-refractivity contribution is -0.121. The van der Waals surface area contributed by atoms with Crippen LogP contribution in [0, 0.1) is 44.5 Å². The van der Waals surface area contributed by atoms with Gasteiger partial charge in [-0.25, -0.2) is 0 Å². The van der Waals surface area contributed by atoms with E-state index in [2.05, 4.69) is 53.0 Å². The summed E-state index contributed by atoms with van der Waals surface area (Å²) in [6, 6.07) is 10.9. The van der Waals surface area contributed by atoms with Crippen LogP contribution in [0.3, 0.4) is 0 Å². The van der Waals surface area contributed by atoms with Gasteiger partial charge in [-0.2, -0.15) is 0 Å². The molecule has 0 fully saturated rings. The summed E-state index contributed by atoms with van der Waals surface area (Å²) in [7, 11) is 0. The van der Waals surface area contributed by atoms with Crippen molar-refractivity contribution in [1.82, 2.24) is 20.1 Å². The SMILES string of the molecule is Cc1sc2c(c1C)C(c1ccc(Cl)cc1)=N[C@@H](CC(=O)NCC#Cc1ccc(C#CCN)s1)c1nnc(C)n1-2. The number of benzene rings is 1. The summed E-state index contributed by atoms with van der Waals surface area (Å²) in [5.74, 6) is 13.1. The predicted molar refractivity (Wildman–Crippen MR) is 158 cm³/mol. The van der Waals surface area contributed by atoms with Crippen molar-refractivity contribution in [2.45, 2.75) is 33.2 Å². The fourth-order valence-electron chi connectivity index (χ4n) is 4.26. The molecular weight excluding hydrogens is 548 g/mol. The van der Waals surface area contributed by atoms with Crippen molar-refractivity contribution < 1.29 is 4.79 Å². The van der Waals surface area contributed by atoms with Crippen molar-refractivity contribution in [2.75, 3.05) is 13.1 Å². The van der Waals surface area contributed by atoms with Crippen molar-refractivity contribution in [1.29, 1.82) is 0 Å². The number of halogens is 1. The van der Waals surface area contributed by atoms with Gasteiger partial charge in [0.2, 0.25) is 5.91 Å². The topological polar surface area (TPSA) is 98.2 Å². The Labute approximate surface area is 240 Å². The monoisotopic (exact) mass is 572 g/mol. The van der Waals surface area contributed by atoms with Crippen LogP contribution in [0.4, 0.5) is 0 Å². The highest BCUT2D eigenvalue weighted by molar-refractivity contribution is 7.15. The summed E-state index contributed by atoms with van der Waals surface area (Å²) in [5.41, 5.74) is 9.35. The van der Waals surface area contributed by atoms with E-state index in [0.29, 0.717) is 17.4 Å². The fourth-order valence-corrected chi connectivity index (χ4v) is 6.36. The highest BCUT2D eigenvalue weighted by atomic mass is 35.5. The second kappa shape index (κ2) is 11.6. The maximum Gasteiger partial charge on any atom is 0.223 e. The molecule has 196 valence electrons. The van der Waals surface area contributed by atoms with E-state index < -0.39 is 6.04 Å². The number of amides is 1. The van der Waals surface area contributed by atoms with Gasteiger partial charge in [0.15, 0.2) is 5.82 Å². The molecule has 1 amide bonds. The molecule has 4 aromatic rings. The Hall–Kier alpha value is -3.73. The zero-order valence-corrected chi connectivity index (χ0v) is 24.0. The Balaban J connectivity index is 1.41. The third kappa shape index (κ3) is 5.68. The van der Waals surface area contributed by atoms with Crippen LogP contribution in [-0.4, -0.2) is 39.5 Å². The first kappa shape index (κ1) is 26.9. The Morgan fingerprint density at radius 1 is 1.05 bits per heavy atom. The Morgan fingerprint density at radius 3 is 2.49 bits per heavy atom. The quantitative estimate of drug-likeness (QED) is 0.345. The number of carbonyl (C=O) groups is 1. The molecule has 0 aliphatic carbocycles. The minimum absolute atomic E-state index is 0.113. The zero-order chi connectivity index (χ0) is 27.5. The van der Waals surface area contributed by atoms with Crippen LogP contribution in [0.1, 0.15) is 55.4 Å². The summed E-state index contributed by atoms with van der Waals surface area (Å²) in [6.45, 7) is 6.66. The number of hydrogen-bond donors (Lipinski definition) is 2. The molecule has 0 saturated heterocycles. The number of rotatable bonds is 4. The Bertz CT molecular complexity index is 1710. The van der Waals surface area contributed by atoms with Crippen molar-refractivity contribution in [2.24, 2.45) is 10.7 Å². The highest BCUT2D eigenvalue weighted by Gasteiger charge is 2.32. The molecule has 5 rings (SSSR count). The molecule has 7 nitrogen and oxygen atoms in total. The molecule has 39 heavy (non-hydrogen) atoms. The minimum Gasteiger partial charge on any atom is -0.345 e. The number of hydrogen-bond acceptors (Lipinski definition) is 7. The number of nitrogens with zero attached hydrogens (tertiary/aromatic N) is 4. The third-order valence-electron chi connectivity index (χ3n) is 6.24. The van der Waals surface area contributed by atoms with E-state index >= 15 is 0 Å². The van der Waals surface area contributed by atoms with E-state index in [9.17, 15) is 4.79 Å². The summed E-state index contributed by atoms with van der Waals surface area (Å²) in [4.78, 5) is 21.2. The molecule has 1 atom stereocenters. The predicted octanol–water partition coefficient (Wildman–Crippen LogP) is 4.73. The molecule has 0 bridgehead atoms. The molecule has 0 saturated carbocycles. The van der Waals surface area contributed by atoms with E-state index in [4.69, 9.17) is 22.3 Å². The number of aryl methyl sites for hydroxylation is 2. The van der Waals surface area contributed by atoms with Crippen molar-refractivity contribution in [3.63, 3.8) is 0 Å². The normalized spacial score (nSPS) is 13.7. The summed E-state index contributed by atoms with van der Waals surface area (Å²) in [5, 5.41) is 13.4. The lowest BCUT2D eigenvalue weighted by atomic mass is 9.99. The van der Waals surface area contributed by atoms with Gasteiger partial charge in [0.25, 0.3) is 0 Å². The van der Waals surface area contributed by atoms with Gasteiger partial charge in [-0.15, -0.1) is 32.9 Å². The van der Waals surface area contributed by atoms with Gasteiger partial charge < -0.3 is 11.1 Å². The molecule has 4 heterocycles. The van der Waals surface area contributed by atoms with Crippen molar-refractivity contribution in [3.05, 3.63) is 84.4 Å². The first-order valence-electron chi connectivity index (χ1n) is 12.3. The average molecular weight is 573 g/mol. The Kier molecular flexibility index (Phi) is 7.97. The molecule has 0 radical (unpaired) electrons. The van der Waals surface area contributed by atoms with Crippen molar-refractivity contribution >= 4 is 45.9 Å². The van der Waals surface area contributed by atoms with Gasteiger partial charge in [0.1, 0.15) is 16.9 Å². The van der Waals surface area contributed by atoms with E-state index in [0.717, 1.165) is 43.0 Å². The third-order valence-corrected chi connectivity index (χ3v) is 8.60. The number of nitrogens with two attached hydrogens (primary N) is 1. The number of nitrogens with one attached hydrogen (secondary N) is 1. The van der Waals surface area contributed by atoms with Crippen LogP contribution in [-0.2, 0) is 4.79 Å². The average Bonchev–Trinajstić information content (AvgIpc) is 3.59. The van der Waals surface area contributed by atoms with Gasteiger partial charge in [-0.3, -0.25) is 14.4 Å². The molecule has 3 N–H and O–H groups in total. The maximum absolute atomic E-state index is 13.0. The molecule has 1 aromatic carbocycles. The molecular formula is C29H25ClN6OS2. The Morgan fingerprint density at radius 2 is 1.77 bits per heavy atom. The van der Waals surface area contributed by atoms with Gasteiger partial charge in [0, 0.05) is 21.0 Å². The van der Waals surface area contributed by atoms with E-state index in [1.165, 1.54) is 16.2 Å². The van der Waals surface area contributed by atoms with Gasteiger partial charge in [0.05, 0.1) is 35.0 Å². The summed E-state index contributed by atoms with van der Waals surface area (Å²) < 4.78 is 2.03. The molecule has 10 heteroatoms. The fraction of sp³-hybridized carbons (Fsp3) is 0.241. The van der Waals surface area contributed by atoms with E-state index in [1.807, 2.05) is 47.9 Å². The minimum atomic E-state index is -0.523. The van der Waals surface area contributed by atoms with E-state index in [1.54, 1.807) is 11.3 Å². The number of carbonyl (C=O) groups excluding carboxylic acids is 1. The largest absolute Gasteiger partial charge is 0.345 e. The molecule has 1 aliphatic heterocycles. The van der Waals surface area contributed by atoms with Gasteiger partial charge in [-0.1, -0.05) is 47.4 Å². The smallest absolute Gasteiger partial charge is 0.223 e. The van der Waals surface area contributed by atoms with Crippen LogP contribution in [0.15, 0.2) is 41.4 Å². The molecule has 0 spiro atoms. The number of aromatic nitrogens is 3. The van der Waals surface area contributed by atoms with Crippen LogP contribution < -0.4 is 11.1 Å². The molecule has 1 aliphatic rings. The lowest BCUT2D eigenvalue weighted by Crippen LogP contribution is -2.25. The van der Waals surface area contributed by atoms with E-state index in [-0.39, 0.29) is 18.9 Å². The lowest BCUT2D eigenvalue weighted by Gasteiger charge is -2.12. The van der Waals surface area contributed by atoms with Crippen LogP contribution in [0.25, 0.3) is 5.00 Å². The number of fused-ring (bicyclic) bond motifs is 3. The van der Waals surface area contributed by atoms with Crippen LogP contribution in [0.2, 0.25) is 5.02 Å². The number of thiophene rings is 2.